The number of benzene rings is 2. The second kappa shape index (κ2) is 7.93. The minimum absolute atomic E-state index is 0.0616. The van der Waals surface area contributed by atoms with E-state index in [9.17, 15) is 9.59 Å². The Morgan fingerprint density at radius 3 is 2.19 bits per heavy atom. The number of nitrogens with one attached hydrogen (secondary N) is 1. The average molecular weight is 364 g/mol. The predicted octanol–water partition coefficient (Wildman–Crippen LogP) is 4.39. The molecule has 2 aromatic rings. The van der Waals surface area contributed by atoms with E-state index < -0.39 is 18.0 Å². The number of fused-ring (bicyclic) bond motifs is 3. The van der Waals surface area contributed by atoms with Gasteiger partial charge in [0, 0.05) is 10.8 Å². The number of carbonyl (C=O) groups is 2. The summed E-state index contributed by atoms with van der Waals surface area (Å²) in [6, 6.07) is 15.2. The van der Waals surface area contributed by atoms with Gasteiger partial charge in [0.15, 0.2) is 0 Å². The van der Waals surface area contributed by atoms with Gasteiger partial charge in [0.05, 0.1) is 6.04 Å². The standard InChI is InChI=1S/C20H20N4O3/c1-12(2)18(19(25)23-24-21)22-20(26)27-11-17-15-9-5-3-7-13(15)14-8-4-6-10-16(14)17/h3-10,12,17-18H,11H2,1-2H3,(H,22,26)/t18-/m0/s1. The Morgan fingerprint density at radius 1 is 1.11 bits per heavy atom. The molecule has 7 nitrogen and oxygen atoms in total. The van der Waals surface area contributed by atoms with Crippen LogP contribution in [0.3, 0.4) is 0 Å². The molecular weight excluding hydrogens is 344 g/mol. The summed E-state index contributed by atoms with van der Waals surface area (Å²) < 4.78 is 5.41. The van der Waals surface area contributed by atoms with Crippen LogP contribution in [0.2, 0.25) is 0 Å². The molecular formula is C20H20N4O3. The summed E-state index contributed by atoms with van der Waals surface area (Å²) in [7, 11) is 0. The molecule has 1 aliphatic carbocycles. The van der Waals surface area contributed by atoms with Crippen LogP contribution in [0.15, 0.2) is 53.6 Å². The topological polar surface area (TPSA) is 104 Å². The van der Waals surface area contributed by atoms with Crippen LogP contribution in [-0.4, -0.2) is 24.6 Å². The van der Waals surface area contributed by atoms with E-state index in [1.54, 1.807) is 13.8 Å². The zero-order valence-electron chi connectivity index (χ0n) is 15.1. The van der Waals surface area contributed by atoms with Gasteiger partial charge in [-0.1, -0.05) is 62.4 Å². The molecule has 27 heavy (non-hydrogen) atoms. The van der Waals surface area contributed by atoms with E-state index >= 15 is 0 Å². The van der Waals surface area contributed by atoms with Gasteiger partial charge in [-0.15, -0.1) is 0 Å². The summed E-state index contributed by atoms with van der Waals surface area (Å²) in [5.74, 6) is -1.03. The maximum absolute atomic E-state index is 12.2. The van der Waals surface area contributed by atoms with Crippen LogP contribution in [-0.2, 0) is 9.53 Å². The Morgan fingerprint density at radius 2 is 1.67 bits per heavy atom. The molecule has 0 fully saturated rings. The quantitative estimate of drug-likeness (QED) is 0.483. The summed E-state index contributed by atoms with van der Waals surface area (Å²) in [4.78, 5) is 26.5. The van der Waals surface area contributed by atoms with E-state index in [1.165, 1.54) is 0 Å². The lowest BCUT2D eigenvalue weighted by Gasteiger charge is -2.20. The Bertz CT molecular complexity index is 873. The smallest absolute Gasteiger partial charge is 0.407 e. The van der Waals surface area contributed by atoms with Gasteiger partial charge in [0.2, 0.25) is 5.91 Å². The van der Waals surface area contributed by atoms with Crippen molar-refractivity contribution in [3.05, 3.63) is 70.1 Å². The van der Waals surface area contributed by atoms with Crippen molar-refractivity contribution >= 4 is 12.0 Å². The number of hydrogen-bond acceptors (Lipinski definition) is 3. The molecule has 0 spiro atoms. The minimum Gasteiger partial charge on any atom is -0.449 e. The van der Waals surface area contributed by atoms with Crippen molar-refractivity contribution in [1.29, 1.82) is 0 Å². The summed E-state index contributed by atoms with van der Waals surface area (Å²) in [6.45, 7) is 3.65. The number of ether oxygens (including phenoxy) is 1. The van der Waals surface area contributed by atoms with Crippen LogP contribution in [0.25, 0.3) is 21.6 Å². The first-order valence-corrected chi connectivity index (χ1v) is 8.73. The van der Waals surface area contributed by atoms with Crippen molar-refractivity contribution in [1.82, 2.24) is 5.32 Å². The Balaban J connectivity index is 1.72. The molecule has 1 aliphatic rings. The zero-order chi connectivity index (χ0) is 19.4. The van der Waals surface area contributed by atoms with Gasteiger partial charge in [-0.2, -0.15) is 0 Å². The van der Waals surface area contributed by atoms with Crippen molar-refractivity contribution < 1.29 is 14.3 Å². The Kier molecular flexibility index (Phi) is 5.43. The van der Waals surface area contributed by atoms with E-state index in [-0.39, 0.29) is 18.4 Å². The van der Waals surface area contributed by atoms with Crippen molar-refractivity contribution in [3.63, 3.8) is 0 Å². The van der Waals surface area contributed by atoms with Gasteiger partial charge >= 0.3 is 6.09 Å². The van der Waals surface area contributed by atoms with Crippen molar-refractivity contribution in [2.75, 3.05) is 6.61 Å². The summed E-state index contributed by atoms with van der Waals surface area (Å²) in [5, 5.41) is 5.57. The van der Waals surface area contributed by atoms with Crippen molar-refractivity contribution in [3.8, 4) is 11.1 Å². The van der Waals surface area contributed by atoms with Gasteiger partial charge in [-0.05, 0) is 38.8 Å². The normalized spacial score (nSPS) is 13.3. The second-order valence-electron chi connectivity index (χ2n) is 6.72. The summed E-state index contributed by atoms with van der Waals surface area (Å²) in [5.41, 5.74) is 12.9. The molecule has 1 atom stereocenters. The van der Waals surface area contributed by atoms with E-state index in [4.69, 9.17) is 10.3 Å². The van der Waals surface area contributed by atoms with Gasteiger partial charge in [0.25, 0.3) is 0 Å². The SMILES string of the molecule is CC(C)[C@H](NC(=O)OCC1c2ccccc2-c2ccccc21)C(=O)N=[N+]=[N-]. The lowest BCUT2D eigenvalue weighted by Crippen LogP contribution is -2.44. The number of carbonyl (C=O) groups excluding carboxylic acids is 2. The van der Waals surface area contributed by atoms with Gasteiger partial charge in [-0.3, -0.25) is 4.79 Å². The number of azide groups is 1. The molecule has 0 heterocycles. The molecule has 1 N–H and O–H groups in total. The number of nitrogens with zero attached hydrogens (tertiary/aromatic N) is 3. The molecule has 0 saturated heterocycles. The first-order chi connectivity index (χ1) is 13.0. The van der Waals surface area contributed by atoms with Crippen LogP contribution in [0.1, 0.15) is 30.9 Å². The lowest BCUT2D eigenvalue weighted by atomic mass is 9.98. The number of amides is 2. The molecule has 2 amide bonds. The Labute approximate surface area is 157 Å². The van der Waals surface area contributed by atoms with Crippen LogP contribution < -0.4 is 5.32 Å². The van der Waals surface area contributed by atoms with Crippen LogP contribution in [0, 0.1) is 5.92 Å². The largest absolute Gasteiger partial charge is 0.449 e. The van der Waals surface area contributed by atoms with Gasteiger partial charge in [-0.25, -0.2) is 4.79 Å². The first-order valence-electron chi connectivity index (χ1n) is 8.73. The molecule has 0 radical (unpaired) electrons. The fourth-order valence-corrected chi connectivity index (χ4v) is 3.39. The molecule has 0 bridgehead atoms. The number of alkyl carbamates (subject to hydrolysis) is 1. The van der Waals surface area contributed by atoms with Crippen molar-refractivity contribution in [2.24, 2.45) is 11.0 Å². The average Bonchev–Trinajstić information content (AvgIpc) is 2.98. The zero-order valence-corrected chi connectivity index (χ0v) is 15.1. The highest BCUT2D eigenvalue weighted by Crippen LogP contribution is 2.44. The lowest BCUT2D eigenvalue weighted by molar-refractivity contribution is -0.120. The van der Waals surface area contributed by atoms with Gasteiger partial charge < -0.3 is 10.1 Å². The minimum atomic E-state index is -0.920. The maximum atomic E-state index is 12.2. The van der Waals surface area contributed by atoms with Gasteiger partial charge in [0.1, 0.15) is 6.61 Å². The summed E-state index contributed by atoms with van der Waals surface area (Å²) >= 11 is 0. The highest BCUT2D eigenvalue weighted by molar-refractivity contribution is 5.86. The molecule has 7 heteroatoms. The van der Waals surface area contributed by atoms with Crippen LogP contribution >= 0.6 is 0 Å². The van der Waals surface area contributed by atoms with E-state index in [2.05, 4.69) is 27.5 Å². The molecule has 0 aliphatic heterocycles. The second-order valence-corrected chi connectivity index (χ2v) is 6.72. The fraction of sp³-hybridized carbons (Fsp3) is 0.300. The predicted molar refractivity (Wildman–Crippen MR) is 101 cm³/mol. The number of hydrogen-bond donors (Lipinski definition) is 1. The first kappa shape index (κ1) is 18.5. The third-order valence-electron chi connectivity index (χ3n) is 4.69. The maximum Gasteiger partial charge on any atom is 0.407 e. The molecule has 0 aromatic heterocycles. The van der Waals surface area contributed by atoms with E-state index in [0.29, 0.717) is 0 Å². The van der Waals surface area contributed by atoms with E-state index in [0.717, 1.165) is 22.3 Å². The number of rotatable bonds is 5. The molecule has 3 rings (SSSR count). The monoisotopic (exact) mass is 364 g/mol. The van der Waals surface area contributed by atoms with Crippen LogP contribution in [0.5, 0.6) is 0 Å². The molecule has 0 saturated carbocycles. The highest BCUT2D eigenvalue weighted by atomic mass is 16.5. The molecule has 138 valence electrons. The molecule has 2 aromatic carbocycles. The fourth-order valence-electron chi connectivity index (χ4n) is 3.39. The van der Waals surface area contributed by atoms with E-state index in [1.807, 2.05) is 36.4 Å². The third kappa shape index (κ3) is 3.78. The summed E-state index contributed by atoms with van der Waals surface area (Å²) in [6.07, 6.45) is -0.711. The van der Waals surface area contributed by atoms with Crippen molar-refractivity contribution in [2.45, 2.75) is 25.8 Å². The Hall–Kier alpha value is -3.31. The molecule has 0 unspecified atom stereocenters. The highest BCUT2D eigenvalue weighted by Gasteiger charge is 2.30. The van der Waals surface area contributed by atoms with Crippen LogP contribution in [0.4, 0.5) is 4.79 Å². The third-order valence-corrected chi connectivity index (χ3v) is 4.69.